The smallest absolute Gasteiger partial charge is 0.255 e. The van der Waals surface area contributed by atoms with Gasteiger partial charge in [0, 0.05) is 31.7 Å². The summed E-state index contributed by atoms with van der Waals surface area (Å²) in [6.07, 6.45) is 4.26. The second kappa shape index (κ2) is 12.7. The molecule has 3 aromatic rings. The number of halogens is 1. The Bertz CT molecular complexity index is 1380. The third kappa shape index (κ3) is 6.52. The Hall–Kier alpha value is -3.96. The molecule has 0 saturated carbocycles. The number of hydrogen-bond acceptors (Lipinski definition) is 7. The number of nitrogen functional groups attached to an aromatic ring is 1. The van der Waals surface area contributed by atoms with Crippen LogP contribution in [-0.4, -0.2) is 66.3 Å². The van der Waals surface area contributed by atoms with E-state index in [2.05, 4.69) is 15.5 Å². The van der Waals surface area contributed by atoms with Crippen LogP contribution in [0.1, 0.15) is 58.0 Å². The Morgan fingerprint density at radius 2 is 1.80 bits per heavy atom. The van der Waals surface area contributed by atoms with E-state index in [1.54, 1.807) is 4.68 Å². The number of piperidine rings is 2. The van der Waals surface area contributed by atoms with Gasteiger partial charge in [0.05, 0.1) is 18.7 Å². The number of methoxy groups -OCH3 is 1. The zero-order valence-corrected chi connectivity index (χ0v) is 23.4. The number of nitrogens with two attached hydrogens (primary N) is 2. The predicted molar refractivity (Wildman–Crippen MR) is 155 cm³/mol. The lowest BCUT2D eigenvalue weighted by molar-refractivity contribution is 0.0946. The number of rotatable bonds is 9. The normalized spacial score (nSPS) is 16.9. The number of nitrogens with one attached hydrogen (secondary N) is 2. The minimum Gasteiger partial charge on any atom is -0.496 e. The number of carbonyl (C=O) groups is 2. The van der Waals surface area contributed by atoms with Crippen LogP contribution in [0.5, 0.6) is 5.75 Å². The fourth-order valence-electron chi connectivity index (χ4n) is 5.86. The summed E-state index contributed by atoms with van der Waals surface area (Å²) in [7, 11) is 1.43. The molecule has 3 heterocycles. The van der Waals surface area contributed by atoms with Gasteiger partial charge < -0.3 is 31.7 Å². The highest BCUT2D eigenvalue weighted by molar-refractivity contribution is 6.03. The Kier molecular flexibility index (Phi) is 8.84. The van der Waals surface area contributed by atoms with E-state index in [0.717, 1.165) is 63.1 Å². The van der Waals surface area contributed by atoms with Crippen molar-refractivity contribution in [1.82, 2.24) is 25.3 Å². The molecule has 6 N–H and O–H groups in total. The van der Waals surface area contributed by atoms with Crippen LogP contribution in [-0.2, 0) is 6.54 Å². The van der Waals surface area contributed by atoms with Crippen LogP contribution in [0.4, 0.5) is 10.2 Å². The van der Waals surface area contributed by atoms with Crippen molar-refractivity contribution in [2.75, 3.05) is 45.6 Å². The van der Waals surface area contributed by atoms with E-state index in [9.17, 15) is 14.0 Å². The minimum absolute atomic E-state index is 0.0976. The molecule has 2 aliphatic rings. The van der Waals surface area contributed by atoms with Crippen LogP contribution in [0.3, 0.4) is 0 Å². The molecule has 2 fully saturated rings. The summed E-state index contributed by atoms with van der Waals surface area (Å²) in [5.41, 5.74) is 14.5. The summed E-state index contributed by atoms with van der Waals surface area (Å²) in [5, 5.41) is 11.0. The number of hydrogen-bond donors (Lipinski definition) is 4. The maximum atomic E-state index is 13.7. The molecule has 10 nitrogen and oxygen atoms in total. The molecule has 2 saturated heterocycles. The number of anilines is 1. The van der Waals surface area contributed by atoms with Crippen LogP contribution in [0, 0.1) is 11.7 Å². The van der Waals surface area contributed by atoms with Gasteiger partial charge >= 0.3 is 0 Å². The van der Waals surface area contributed by atoms with Crippen LogP contribution in [0.15, 0.2) is 42.5 Å². The maximum absolute atomic E-state index is 13.7. The second-order valence-electron chi connectivity index (χ2n) is 10.9. The third-order valence-corrected chi connectivity index (χ3v) is 8.16. The lowest BCUT2D eigenvalue weighted by atomic mass is 9.96. The van der Waals surface area contributed by atoms with Gasteiger partial charge in [-0.2, -0.15) is 5.10 Å². The molecule has 0 aliphatic carbocycles. The lowest BCUT2D eigenvalue weighted by Gasteiger charge is -2.35. The number of likely N-dealkylation sites (tertiary alicyclic amines) is 1. The molecule has 5 rings (SSSR count). The largest absolute Gasteiger partial charge is 0.496 e. The van der Waals surface area contributed by atoms with Gasteiger partial charge in [-0.25, -0.2) is 9.07 Å². The van der Waals surface area contributed by atoms with E-state index in [-0.39, 0.29) is 23.7 Å². The van der Waals surface area contributed by atoms with E-state index >= 15 is 0 Å². The highest BCUT2D eigenvalue weighted by Crippen LogP contribution is 2.33. The number of nitrogens with zero attached hydrogens (tertiary/aromatic N) is 3. The molecular weight excluding hydrogens is 525 g/mol. The van der Waals surface area contributed by atoms with Crippen LogP contribution < -0.4 is 26.8 Å². The van der Waals surface area contributed by atoms with Gasteiger partial charge in [-0.05, 0) is 68.5 Å². The summed E-state index contributed by atoms with van der Waals surface area (Å²) in [5.74, 6) is -0.256. The number of benzene rings is 2. The van der Waals surface area contributed by atoms with E-state index in [0.29, 0.717) is 22.8 Å². The Balaban J connectivity index is 1.25. The number of ether oxygens (including phenoxy) is 1. The predicted octanol–water partition coefficient (Wildman–Crippen LogP) is 2.95. The number of aromatic nitrogens is 2. The summed E-state index contributed by atoms with van der Waals surface area (Å²) in [6.45, 7) is 5.48. The second-order valence-corrected chi connectivity index (χ2v) is 10.9. The molecule has 2 amide bonds. The Morgan fingerprint density at radius 1 is 1.10 bits per heavy atom. The van der Waals surface area contributed by atoms with E-state index in [1.807, 2.05) is 24.3 Å². The molecule has 0 bridgehead atoms. The first-order chi connectivity index (χ1) is 19.8. The van der Waals surface area contributed by atoms with Crippen LogP contribution >= 0.6 is 0 Å². The molecule has 218 valence electrons. The van der Waals surface area contributed by atoms with Gasteiger partial charge in [-0.1, -0.05) is 24.3 Å². The molecule has 0 spiro atoms. The highest BCUT2D eigenvalue weighted by atomic mass is 19.1. The molecular formula is C30H38FN7O3. The number of primary amides is 1. The number of amides is 2. The summed E-state index contributed by atoms with van der Waals surface area (Å²) < 4.78 is 20.6. The Morgan fingerprint density at radius 3 is 2.46 bits per heavy atom. The van der Waals surface area contributed by atoms with Gasteiger partial charge in [0.2, 0.25) is 0 Å². The number of carbonyl (C=O) groups excluding carboxylic acids is 2. The van der Waals surface area contributed by atoms with Crippen molar-refractivity contribution in [3.63, 3.8) is 0 Å². The van der Waals surface area contributed by atoms with E-state index in [1.165, 1.54) is 32.1 Å². The zero-order chi connectivity index (χ0) is 28.9. The van der Waals surface area contributed by atoms with Crippen molar-refractivity contribution < 1.29 is 18.7 Å². The van der Waals surface area contributed by atoms with Gasteiger partial charge in [0.15, 0.2) is 0 Å². The molecule has 2 aliphatic heterocycles. The molecule has 1 aromatic heterocycles. The fourth-order valence-corrected chi connectivity index (χ4v) is 5.86. The topological polar surface area (TPSA) is 141 Å². The molecule has 41 heavy (non-hydrogen) atoms. The van der Waals surface area contributed by atoms with Gasteiger partial charge in [-0.3, -0.25) is 9.59 Å². The zero-order valence-electron chi connectivity index (χ0n) is 23.4. The highest BCUT2D eigenvalue weighted by Gasteiger charge is 2.29. The first-order valence-electron chi connectivity index (χ1n) is 14.2. The third-order valence-electron chi connectivity index (χ3n) is 8.16. The van der Waals surface area contributed by atoms with Crippen molar-refractivity contribution in [1.29, 1.82) is 0 Å². The standard InChI is InChI=1S/C30H38FN7O3/c1-41-25-7-6-22(31)16-24(25)30(40)35-17-19-2-4-21(5-3-19)27-26(29(33)39)28(32)38(36-27)23-10-14-37(15-11-23)18-20-8-12-34-13-9-20/h2-7,16,20,23,34H,8-15,17-18,32H2,1H3,(H2,33,39)(H,35,40). The van der Waals surface area contributed by atoms with Crippen molar-refractivity contribution >= 4 is 17.6 Å². The average Bonchev–Trinajstić information content (AvgIpc) is 3.34. The van der Waals surface area contributed by atoms with Crippen molar-refractivity contribution in [3.8, 4) is 17.0 Å². The van der Waals surface area contributed by atoms with Gasteiger partial charge in [0.1, 0.15) is 28.6 Å². The monoisotopic (exact) mass is 563 g/mol. The summed E-state index contributed by atoms with van der Waals surface area (Å²) >= 11 is 0. The molecule has 2 aromatic carbocycles. The van der Waals surface area contributed by atoms with Crippen LogP contribution in [0.25, 0.3) is 11.3 Å². The van der Waals surface area contributed by atoms with E-state index < -0.39 is 17.6 Å². The molecule has 11 heteroatoms. The lowest BCUT2D eigenvalue weighted by Crippen LogP contribution is -2.40. The van der Waals surface area contributed by atoms with Gasteiger partial charge in [-0.15, -0.1) is 0 Å². The Labute approximate surface area is 239 Å². The maximum Gasteiger partial charge on any atom is 0.255 e. The van der Waals surface area contributed by atoms with Crippen molar-refractivity contribution in [2.45, 2.75) is 38.3 Å². The summed E-state index contributed by atoms with van der Waals surface area (Å²) in [4.78, 5) is 27.6. The van der Waals surface area contributed by atoms with Crippen molar-refractivity contribution in [2.24, 2.45) is 11.7 Å². The van der Waals surface area contributed by atoms with E-state index in [4.69, 9.17) is 21.3 Å². The molecule has 0 radical (unpaired) electrons. The first-order valence-corrected chi connectivity index (χ1v) is 14.2. The van der Waals surface area contributed by atoms with Gasteiger partial charge in [0.25, 0.3) is 11.8 Å². The SMILES string of the molecule is COc1ccc(F)cc1C(=O)NCc1ccc(-c2nn(C3CCN(CC4CCNCC4)CC3)c(N)c2C(N)=O)cc1. The quantitative estimate of drug-likeness (QED) is 0.314. The van der Waals surface area contributed by atoms with Crippen LogP contribution in [0.2, 0.25) is 0 Å². The molecule has 0 atom stereocenters. The minimum atomic E-state index is -0.618. The fraction of sp³-hybridized carbons (Fsp3) is 0.433. The first kappa shape index (κ1) is 28.6. The molecule has 0 unspecified atom stereocenters. The average molecular weight is 564 g/mol. The van der Waals surface area contributed by atoms with Crippen molar-refractivity contribution in [3.05, 3.63) is 65.0 Å². The summed E-state index contributed by atoms with van der Waals surface area (Å²) in [6, 6.07) is 11.2.